The summed E-state index contributed by atoms with van der Waals surface area (Å²) in [5.41, 5.74) is 0. The zero-order valence-electron chi connectivity index (χ0n) is 12.2. The van der Waals surface area contributed by atoms with E-state index >= 15 is 0 Å². The first-order valence-corrected chi connectivity index (χ1v) is 7.68. The molecule has 1 aliphatic heterocycles. The Morgan fingerprint density at radius 3 is 2.28 bits per heavy atom. The number of aliphatic hydroxyl groups excluding tert-OH is 1. The molecule has 0 aromatic carbocycles. The molecule has 0 aromatic rings. The Morgan fingerprint density at radius 1 is 1.17 bits per heavy atom. The highest BCUT2D eigenvalue weighted by atomic mass is 16.7. The molecule has 0 saturated carbocycles. The summed E-state index contributed by atoms with van der Waals surface area (Å²) in [6.07, 6.45) is 8.38. The van der Waals surface area contributed by atoms with Crippen LogP contribution in [0.1, 0.15) is 58.8 Å². The highest BCUT2D eigenvalue weighted by Gasteiger charge is 2.27. The van der Waals surface area contributed by atoms with Crippen LogP contribution in [0.25, 0.3) is 0 Å². The topological polar surface area (TPSA) is 38.7 Å². The predicted octanol–water partition coefficient (Wildman–Crippen LogP) is 2.28. The average Bonchev–Trinajstić information content (AvgIpc) is 2.38. The van der Waals surface area contributed by atoms with E-state index < -0.39 is 0 Å². The van der Waals surface area contributed by atoms with Crippen molar-refractivity contribution in [2.45, 2.75) is 89.7 Å². The first kappa shape index (κ1) is 16.0. The lowest BCUT2D eigenvalue weighted by Gasteiger charge is -2.35. The van der Waals surface area contributed by atoms with E-state index in [2.05, 4.69) is 21.7 Å². The van der Waals surface area contributed by atoms with Gasteiger partial charge in [0.05, 0.1) is 18.3 Å². The summed E-state index contributed by atoms with van der Waals surface area (Å²) in [7, 11) is 2.11. The van der Waals surface area contributed by atoms with Gasteiger partial charge in [0.25, 0.3) is 0 Å². The third-order valence-corrected chi connectivity index (χ3v) is 3.72. The first-order chi connectivity index (χ1) is 8.69. The minimum absolute atomic E-state index is 0.0533. The van der Waals surface area contributed by atoms with Gasteiger partial charge in [0.15, 0.2) is 6.29 Å². The quantitative estimate of drug-likeness (QED) is 0.677. The molecule has 4 heteroatoms. The van der Waals surface area contributed by atoms with Gasteiger partial charge in [-0.1, -0.05) is 20.2 Å². The fourth-order valence-electron chi connectivity index (χ4n) is 2.53. The van der Waals surface area contributed by atoms with Crippen molar-refractivity contribution >= 4 is 7.85 Å². The van der Waals surface area contributed by atoms with E-state index in [1.807, 2.05) is 0 Å². The van der Waals surface area contributed by atoms with Crippen molar-refractivity contribution in [1.82, 2.24) is 0 Å². The van der Waals surface area contributed by atoms with Gasteiger partial charge in [-0.25, -0.2) is 0 Å². The monoisotopic (exact) mass is 256 g/mol. The molecular weight excluding hydrogens is 227 g/mol. The standard InChI is InChI=1S/C14H29BO3/c1-3-12-10-13(4-2)18-14(17-12)7-5-6-11(16)8-9-15/h11-14,16H,3-10,15H2,1-2H3. The van der Waals surface area contributed by atoms with Gasteiger partial charge in [-0.2, -0.15) is 0 Å². The predicted molar refractivity (Wildman–Crippen MR) is 76.6 cm³/mol. The van der Waals surface area contributed by atoms with Gasteiger partial charge in [0.2, 0.25) is 0 Å². The van der Waals surface area contributed by atoms with Crippen molar-refractivity contribution in [2.24, 2.45) is 0 Å². The average molecular weight is 256 g/mol. The van der Waals surface area contributed by atoms with Crippen LogP contribution < -0.4 is 0 Å². The Hall–Kier alpha value is -0.0551. The summed E-state index contributed by atoms with van der Waals surface area (Å²) in [5.74, 6) is 0. The number of aliphatic hydroxyl groups is 1. The molecule has 1 rings (SSSR count). The zero-order valence-corrected chi connectivity index (χ0v) is 12.2. The lowest BCUT2D eigenvalue weighted by molar-refractivity contribution is -0.245. The number of hydrogen-bond acceptors (Lipinski definition) is 3. The lowest BCUT2D eigenvalue weighted by atomic mass is 9.96. The van der Waals surface area contributed by atoms with Crippen LogP contribution in [0.4, 0.5) is 0 Å². The van der Waals surface area contributed by atoms with Crippen LogP contribution in [-0.2, 0) is 9.47 Å². The minimum Gasteiger partial charge on any atom is -0.393 e. The Labute approximate surface area is 113 Å². The molecule has 1 heterocycles. The van der Waals surface area contributed by atoms with Crippen molar-refractivity contribution < 1.29 is 14.6 Å². The summed E-state index contributed by atoms with van der Waals surface area (Å²) >= 11 is 0. The Morgan fingerprint density at radius 2 is 1.78 bits per heavy atom. The third kappa shape index (κ3) is 5.72. The molecule has 0 bridgehead atoms. The van der Waals surface area contributed by atoms with Gasteiger partial charge in [0, 0.05) is 0 Å². The molecule has 0 aliphatic carbocycles. The van der Waals surface area contributed by atoms with Crippen LogP contribution in [0.3, 0.4) is 0 Å². The fourth-order valence-corrected chi connectivity index (χ4v) is 2.53. The van der Waals surface area contributed by atoms with Crippen molar-refractivity contribution in [2.75, 3.05) is 0 Å². The summed E-state index contributed by atoms with van der Waals surface area (Å²) in [6, 6.07) is 0. The molecule has 1 fully saturated rings. The van der Waals surface area contributed by atoms with E-state index in [9.17, 15) is 5.11 Å². The fraction of sp³-hybridized carbons (Fsp3) is 1.00. The Bertz CT molecular complexity index is 201. The van der Waals surface area contributed by atoms with Gasteiger partial charge in [-0.05, 0) is 44.9 Å². The molecule has 0 aromatic heterocycles. The van der Waals surface area contributed by atoms with Gasteiger partial charge < -0.3 is 14.6 Å². The molecular formula is C14H29BO3. The maximum atomic E-state index is 9.69. The van der Waals surface area contributed by atoms with Crippen LogP contribution in [0, 0.1) is 0 Å². The number of rotatable bonds is 8. The van der Waals surface area contributed by atoms with E-state index in [1.165, 1.54) is 0 Å². The van der Waals surface area contributed by atoms with Crippen LogP contribution in [0.2, 0.25) is 6.32 Å². The normalized spacial score (nSPS) is 30.3. The lowest BCUT2D eigenvalue weighted by Crippen LogP contribution is -2.37. The smallest absolute Gasteiger partial charge is 0.158 e. The van der Waals surface area contributed by atoms with Crippen molar-refractivity contribution in [1.29, 1.82) is 0 Å². The van der Waals surface area contributed by atoms with Crippen molar-refractivity contribution in [3.8, 4) is 0 Å². The molecule has 0 radical (unpaired) electrons. The molecule has 3 nitrogen and oxygen atoms in total. The molecule has 1 N–H and O–H groups in total. The second-order valence-corrected chi connectivity index (χ2v) is 5.37. The molecule has 1 saturated heterocycles. The number of hydrogen-bond donors (Lipinski definition) is 1. The van der Waals surface area contributed by atoms with E-state index in [0.717, 1.165) is 51.3 Å². The van der Waals surface area contributed by atoms with Crippen molar-refractivity contribution in [3.63, 3.8) is 0 Å². The molecule has 18 heavy (non-hydrogen) atoms. The number of ether oxygens (including phenoxy) is 2. The Kier molecular flexibility index (Phi) is 7.95. The van der Waals surface area contributed by atoms with Crippen LogP contribution in [-0.4, -0.2) is 37.6 Å². The molecule has 0 amide bonds. The van der Waals surface area contributed by atoms with Crippen LogP contribution in [0.15, 0.2) is 0 Å². The minimum atomic E-state index is -0.150. The second kappa shape index (κ2) is 8.95. The van der Waals surface area contributed by atoms with Gasteiger partial charge in [-0.15, -0.1) is 0 Å². The molecule has 1 aliphatic rings. The largest absolute Gasteiger partial charge is 0.393 e. The third-order valence-electron chi connectivity index (χ3n) is 3.72. The molecule has 3 unspecified atom stereocenters. The summed E-state index contributed by atoms with van der Waals surface area (Å²) in [5, 5.41) is 9.69. The summed E-state index contributed by atoms with van der Waals surface area (Å²) < 4.78 is 11.8. The summed E-state index contributed by atoms with van der Waals surface area (Å²) in [4.78, 5) is 0. The molecule has 106 valence electrons. The second-order valence-electron chi connectivity index (χ2n) is 5.37. The van der Waals surface area contributed by atoms with Crippen molar-refractivity contribution in [3.05, 3.63) is 0 Å². The van der Waals surface area contributed by atoms with E-state index in [-0.39, 0.29) is 12.4 Å². The highest BCUT2D eigenvalue weighted by Crippen LogP contribution is 2.25. The van der Waals surface area contributed by atoms with Crippen LogP contribution >= 0.6 is 0 Å². The maximum absolute atomic E-state index is 9.69. The summed E-state index contributed by atoms with van der Waals surface area (Å²) in [6.45, 7) is 4.34. The molecule has 3 atom stereocenters. The molecule has 0 spiro atoms. The van der Waals surface area contributed by atoms with Gasteiger partial charge in [-0.3, -0.25) is 0 Å². The maximum Gasteiger partial charge on any atom is 0.158 e. The van der Waals surface area contributed by atoms with Crippen LogP contribution in [0.5, 0.6) is 0 Å². The SMILES string of the molecule is BCCC(O)CCCC1OC(CC)CC(CC)O1. The van der Waals surface area contributed by atoms with E-state index in [4.69, 9.17) is 9.47 Å². The van der Waals surface area contributed by atoms with E-state index in [0.29, 0.717) is 12.2 Å². The van der Waals surface area contributed by atoms with Gasteiger partial charge in [0.1, 0.15) is 7.85 Å². The first-order valence-electron chi connectivity index (χ1n) is 7.68. The van der Waals surface area contributed by atoms with E-state index in [1.54, 1.807) is 0 Å². The zero-order chi connectivity index (χ0) is 13.4. The van der Waals surface area contributed by atoms with Gasteiger partial charge >= 0.3 is 0 Å². The Balaban J connectivity index is 2.23. The highest BCUT2D eigenvalue weighted by molar-refractivity contribution is 6.08.